The Bertz CT molecular complexity index is 526. The van der Waals surface area contributed by atoms with Gasteiger partial charge in [-0.1, -0.05) is 0 Å². The number of carbonyl (C=O) groups is 1. The van der Waals surface area contributed by atoms with Crippen LogP contribution in [0.2, 0.25) is 0 Å². The zero-order valence-corrected chi connectivity index (χ0v) is 12.8. The Kier molecular flexibility index (Phi) is 4.07. The van der Waals surface area contributed by atoms with E-state index in [1.165, 1.54) is 10.6 Å². The predicted octanol–water partition coefficient (Wildman–Crippen LogP) is 0.563. The molecule has 112 valence electrons. The lowest BCUT2D eigenvalue weighted by Crippen LogP contribution is -2.55. The first-order valence-electron chi connectivity index (χ1n) is 6.94. The van der Waals surface area contributed by atoms with Crippen LogP contribution in [0.3, 0.4) is 0 Å². The summed E-state index contributed by atoms with van der Waals surface area (Å²) in [5, 5.41) is 9.27. The number of sulfonamides is 1. The predicted molar refractivity (Wildman–Crippen MR) is 74.1 cm³/mol. The van der Waals surface area contributed by atoms with E-state index in [4.69, 9.17) is 0 Å². The quantitative estimate of drug-likeness (QED) is 0.762. The molecule has 0 N–H and O–H groups in total. The van der Waals surface area contributed by atoms with E-state index in [0.29, 0.717) is 25.9 Å². The van der Waals surface area contributed by atoms with Gasteiger partial charge in [0, 0.05) is 26.1 Å². The lowest BCUT2D eigenvalue weighted by atomic mass is 9.76. The standard InChI is InChI=1S/C13H21N3O3S/c1-15(13(10-14)6-3-7-13)12(17)11-4-8-16(9-5-11)20(2,18)19/h11H,3-9H2,1-2H3. The van der Waals surface area contributed by atoms with Crippen molar-refractivity contribution in [1.82, 2.24) is 9.21 Å². The van der Waals surface area contributed by atoms with E-state index in [1.54, 1.807) is 11.9 Å². The topological polar surface area (TPSA) is 81.5 Å². The molecule has 1 heterocycles. The molecular weight excluding hydrogens is 278 g/mol. The fourth-order valence-corrected chi connectivity index (χ4v) is 3.83. The Morgan fingerprint density at radius 3 is 2.25 bits per heavy atom. The molecule has 6 nitrogen and oxygen atoms in total. The maximum absolute atomic E-state index is 12.5. The molecule has 1 aliphatic carbocycles. The van der Waals surface area contributed by atoms with Crippen molar-refractivity contribution in [3.8, 4) is 6.07 Å². The van der Waals surface area contributed by atoms with Crippen LogP contribution >= 0.6 is 0 Å². The highest BCUT2D eigenvalue weighted by Gasteiger charge is 2.45. The van der Waals surface area contributed by atoms with Crippen LogP contribution in [0, 0.1) is 17.2 Å². The number of nitriles is 1. The molecule has 0 aromatic heterocycles. The van der Waals surface area contributed by atoms with E-state index in [1.807, 2.05) is 0 Å². The van der Waals surface area contributed by atoms with Crippen LogP contribution in [0.1, 0.15) is 32.1 Å². The third kappa shape index (κ3) is 2.67. The summed E-state index contributed by atoms with van der Waals surface area (Å²) in [6.45, 7) is 0.783. The zero-order chi connectivity index (χ0) is 15.0. The van der Waals surface area contributed by atoms with Crippen LogP contribution in [-0.4, -0.2) is 55.5 Å². The van der Waals surface area contributed by atoms with Gasteiger partial charge in [0.25, 0.3) is 0 Å². The summed E-state index contributed by atoms with van der Waals surface area (Å²) in [6, 6.07) is 2.27. The minimum Gasteiger partial charge on any atom is -0.327 e. The van der Waals surface area contributed by atoms with Gasteiger partial charge in [-0.2, -0.15) is 5.26 Å². The van der Waals surface area contributed by atoms with E-state index < -0.39 is 15.6 Å². The number of hydrogen-bond donors (Lipinski definition) is 0. The van der Waals surface area contributed by atoms with Crippen molar-refractivity contribution in [2.24, 2.45) is 5.92 Å². The fourth-order valence-electron chi connectivity index (χ4n) is 2.95. The summed E-state index contributed by atoms with van der Waals surface area (Å²) in [4.78, 5) is 14.1. The monoisotopic (exact) mass is 299 g/mol. The summed E-state index contributed by atoms with van der Waals surface area (Å²) in [6.07, 6.45) is 4.75. The summed E-state index contributed by atoms with van der Waals surface area (Å²) in [5.41, 5.74) is -0.620. The average molecular weight is 299 g/mol. The number of amides is 1. The number of carbonyl (C=O) groups excluding carboxylic acids is 1. The Morgan fingerprint density at radius 1 is 1.35 bits per heavy atom. The Morgan fingerprint density at radius 2 is 1.90 bits per heavy atom. The molecule has 2 aliphatic rings. The molecule has 7 heteroatoms. The molecule has 1 amide bonds. The normalized spacial score (nSPS) is 23.6. The summed E-state index contributed by atoms with van der Waals surface area (Å²) in [7, 11) is -1.46. The smallest absolute Gasteiger partial charge is 0.226 e. The highest BCUT2D eigenvalue weighted by atomic mass is 32.2. The van der Waals surface area contributed by atoms with Crippen molar-refractivity contribution in [3.05, 3.63) is 0 Å². The summed E-state index contributed by atoms with van der Waals surface area (Å²) >= 11 is 0. The molecular formula is C13H21N3O3S. The zero-order valence-electron chi connectivity index (χ0n) is 12.0. The molecule has 0 bridgehead atoms. The summed E-state index contributed by atoms with van der Waals surface area (Å²) in [5.74, 6) is -0.178. The van der Waals surface area contributed by atoms with Crippen molar-refractivity contribution in [3.63, 3.8) is 0 Å². The minimum atomic E-state index is -3.17. The van der Waals surface area contributed by atoms with Crippen molar-refractivity contribution in [2.45, 2.75) is 37.6 Å². The van der Waals surface area contributed by atoms with Crippen molar-refractivity contribution >= 4 is 15.9 Å². The van der Waals surface area contributed by atoms with Crippen LogP contribution in [0.15, 0.2) is 0 Å². The molecule has 1 aliphatic heterocycles. The van der Waals surface area contributed by atoms with E-state index >= 15 is 0 Å². The van der Waals surface area contributed by atoms with Gasteiger partial charge in [0.05, 0.1) is 12.3 Å². The Labute approximate surface area is 120 Å². The second-order valence-corrected chi connectivity index (χ2v) is 7.81. The molecule has 0 radical (unpaired) electrons. The van der Waals surface area contributed by atoms with Gasteiger partial charge in [-0.15, -0.1) is 0 Å². The number of nitrogens with zero attached hydrogens (tertiary/aromatic N) is 3. The first-order valence-corrected chi connectivity index (χ1v) is 8.79. The van der Waals surface area contributed by atoms with Gasteiger partial charge in [-0.3, -0.25) is 4.79 Å². The van der Waals surface area contributed by atoms with E-state index in [-0.39, 0.29) is 11.8 Å². The van der Waals surface area contributed by atoms with Gasteiger partial charge in [-0.05, 0) is 32.1 Å². The highest BCUT2D eigenvalue weighted by Crippen LogP contribution is 2.37. The van der Waals surface area contributed by atoms with Gasteiger partial charge in [-0.25, -0.2) is 12.7 Å². The van der Waals surface area contributed by atoms with Gasteiger partial charge < -0.3 is 4.90 Å². The van der Waals surface area contributed by atoms with Gasteiger partial charge in [0.2, 0.25) is 15.9 Å². The van der Waals surface area contributed by atoms with Crippen molar-refractivity contribution < 1.29 is 13.2 Å². The number of hydrogen-bond acceptors (Lipinski definition) is 4. The van der Waals surface area contributed by atoms with Crippen LogP contribution < -0.4 is 0 Å². The fraction of sp³-hybridized carbons (Fsp3) is 0.846. The molecule has 1 saturated heterocycles. The van der Waals surface area contributed by atoms with Crippen molar-refractivity contribution in [1.29, 1.82) is 5.26 Å². The molecule has 2 fully saturated rings. The third-order valence-electron chi connectivity index (χ3n) is 4.63. The van der Waals surface area contributed by atoms with Crippen LogP contribution in [-0.2, 0) is 14.8 Å². The molecule has 1 saturated carbocycles. The first kappa shape index (κ1) is 15.3. The lowest BCUT2D eigenvalue weighted by Gasteiger charge is -2.44. The third-order valence-corrected chi connectivity index (χ3v) is 5.94. The molecule has 0 atom stereocenters. The van der Waals surface area contributed by atoms with Crippen LogP contribution in [0.4, 0.5) is 0 Å². The molecule has 0 aromatic rings. The minimum absolute atomic E-state index is 0.0144. The maximum Gasteiger partial charge on any atom is 0.226 e. The second-order valence-electron chi connectivity index (χ2n) is 5.83. The van der Waals surface area contributed by atoms with E-state index in [0.717, 1.165) is 19.3 Å². The molecule has 0 spiro atoms. The van der Waals surface area contributed by atoms with E-state index in [9.17, 15) is 18.5 Å². The van der Waals surface area contributed by atoms with Crippen LogP contribution in [0.5, 0.6) is 0 Å². The Balaban J connectivity index is 1.97. The van der Waals surface area contributed by atoms with Gasteiger partial charge >= 0.3 is 0 Å². The van der Waals surface area contributed by atoms with Crippen molar-refractivity contribution in [2.75, 3.05) is 26.4 Å². The number of piperidine rings is 1. The highest BCUT2D eigenvalue weighted by molar-refractivity contribution is 7.88. The van der Waals surface area contributed by atoms with Gasteiger partial charge in [0.1, 0.15) is 5.54 Å². The SMILES string of the molecule is CN(C(=O)C1CCN(S(C)(=O)=O)CC1)C1(C#N)CCC1. The average Bonchev–Trinajstić information content (AvgIpc) is 2.36. The molecule has 0 unspecified atom stereocenters. The largest absolute Gasteiger partial charge is 0.327 e. The van der Waals surface area contributed by atoms with Crippen LogP contribution in [0.25, 0.3) is 0 Å². The maximum atomic E-state index is 12.5. The first-order chi connectivity index (χ1) is 9.30. The van der Waals surface area contributed by atoms with E-state index in [2.05, 4.69) is 6.07 Å². The lowest BCUT2D eigenvalue weighted by molar-refractivity contribution is -0.142. The number of rotatable bonds is 3. The molecule has 0 aromatic carbocycles. The summed E-state index contributed by atoms with van der Waals surface area (Å²) < 4.78 is 24.3. The molecule has 2 rings (SSSR count). The molecule has 20 heavy (non-hydrogen) atoms. The second kappa shape index (κ2) is 5.34. The van der Waals surface area contributed by atoms with Gasteiger partial charge in [0.15, 0.2) is 0 Å². The Hall–Kier alpha value is -1.13.